The Labute approximate surface area is 176 Å². The highest BCUT2D eigenvalue weighted by Crippen LogP contribution is 2.19. The van der Waals surface area contributed by atoms with E-state index < -0.39 is 0 Å². The second-order valence-corrected chi connectivity index (χ2v) is 7.28. The van der Waals surface area contributed by atoms with E-state index in [4.69, 9.17) is 0 Å². The second kappa shape index (κ2) is 8.62. The number of benzene rings is 3. The summed E-state index contributed by atoms with van der Waals surface area (Å²) in [5.74, 6) is -0.0288. The van der Waals surface area contributed by atoms with Crippen LogP contribution in [0, 0.1) is 0 Å². The van der Waals surface area contributed by atoms with Gasteiger partial charge in [0, 0.05) is 54.2 Å². The molecule has 0 radical (unpaired) electrons. The van der Waals surface area contributed by atoms with Crippen molar-refractivity contribution in [2.45, 2.75) is 0 Å². The van der Waals surface area contributed by atoms with Crippen molar-refractivity contribution in [3.05, 3.63) is 102 Å². The lowest BCUT2D eigenvalue weighted by Crippen LogP contribution is -2.07. The Morgan fingerprint density at radius 1 is 0.933 bits per heavy atom. The van der Waals surface area contributed by atoms with Crippen LogP contribution in [0.25, 0.3) is 17.0 Å². The first-order valence-corrected chi connectivity index (χ1v) is 9.80. The number of aliphatic imine (C=N–C) groups is 1. The van der Waals surface area contributed by atoms with Gasteiger partial charge >= 0.3 is 0 Å². The highest BCUT2D eigenvalue weighted by Gasteiger charge is 2.03. The van der Waals surface area contributed by atoms with Crippen LogP contribution in [-0.4, -0.2) is 31.1 Å². The maximum Gasteiger partial charge on any atom is 0.185 e. The number of H-pyrrole nitrogens is 1. The molecule has 0 fully saturated rings. The van der Waals surface area contributed by atoms with Gasteiger partial charge < -0.3 is 9.88 Å². The fourth-order valence-electron chi connectivity index (χ4n) is 3.21. The van der Waals surface area contributed by atoms with Gasteiger partial charge in [-0.15, -0.1) is 0 Å². The van der Waals surface area contributed by atoms with Crippen molar-refractivity contribution >= 4 is 40.4 Å². The average Bonchev–Trinajstić information content (AvgIpc) is 3.20. The van der Waals surface area contributed by atoms with Gasteiger partial charge in [-0.3, -0.25) is 9.79 Å². The SMILES string of the molecule is CN(C)c1ccc(C=CC(=O)c2ccc(N=Cc3c[nH]c4ccccc34)cc2)cc1. The minimum Gasteiger partial charge on any atom is -0.378 e. The van der Waals surface area contributed by atoms with E-state index in [2.05, 4.69) is 16.0 Å². The molecule has 0 saturated carbocycles. The normalized spacial score (nSPS) is 11.5. The van der Waals surface area contributed by atoms with Gasteiger partial charge in [0.15, 0.2) is 5.78 Å². The Kier molecular flexibility index (Phi) is 5.57. The molecule has 4 rings (SSSR count). The van der Waals surface area contributed by atoms with Gasteiger partial charge in [0.25, 0.3) is 0 Å². The first kappa shape index (κ1) is 19.4. The van der Waals surface area contributed by atoms with E-state index in [1.807, 2.05) is 104 Å². The molecule has 4 heteroatoms. The van der Waals surface area contributed by atoms with E-state index in [1.165, 1.54) is 0 Å². The molecule has 0 saturated heterocycles. The van der Waals surface area contributed by atoms with E-state index in [-0.39, 0.29) is 5.78 Å². The Hall–Kier alpha value is -3.92. The molecular formula is C26H23N3O. The van der Waals surface area contributed by atoms with Gasteiger partial charge in [0.1, 0.15) is 0 Å². The Balaban J connectivity index is 1.43. The standard InChI is InChI=1S/C26H23N3O/c1-29(2)23-14-7-19(8-15-23)9-16-26(30)20-10-12-22(13-11-20)27-17-21-18-28-25-6-4-3-5-24(21)25/h3-18,28H,1-2H3. The van der Waals surface area contributed by atoms with Gasteiger partial charge in [-0.25, -0.2) is 0 Å². The van der Waals surface area contributed by atoms with Crippen LogP contribution in [0.15, 0.2) is 90.1 Å². The fourth-order valence-corrected chi connectivity index (χ4v) is 3.21. The maximum absolute atomic E-state index is 12.5. The molecule has 3 aromatic carbocycles. The number of anilines is 1. The lowest BCUT2D eigenvalue weighted by molar-refractivity contribution is 0.104. The predicted molar refractivity (Wildman–Crippen MR) is 126 cm³/mol. The van der Waals surface area contributed by atoms with Gasteiger partial charge in [0.2, 0.25) is 0 Å². The van der Waals surface area contributed by atoms with Gasteiger partial charge in [0.05, 0.1) is 5.69 Å². The molecule has 1 heterocycles. The number of aromatic nitrogens is 1. The summed E-state index contributed by atoms with van der Waals surface area (Å²) < 4.78 is 0. The molecule has 0 spiro atoms. The summed E-state index contributed by atoms with van der Waals surface area (Å²) in [7, 11) is 4.01. The van der Waals surface area contributed by atoms with E-state index in [9.17, 15) is 4.79 Å². The Morgan fingerprint density at radius 2 is 1.67 bits per heavy atom. The number of allylic oxidation sites excluding steroid dienone is 1. The summed E-state index contributed by atoms with van der Waals surface area (Å²) >= 11 is 0. The van der Waals surface area contributed by atoms with Crippen LogP contribution >= 0.6 is 0 Å². The number of hydrogen-bond donors (Lipinski definition) is 1. The topological polar surface area (TPSA) is 48.5 Å². The molecule has 4 aromatic rings. The number of fused-ring (bicyclic) bond motifs is 1. The zero-order chi connectivity index (χ0) is 20.9. The number of nitrogens with one attached hydrogen (secondary N) is 1. The van der Waals surface area contributed by atoms with Crippen molar-refractivity contribution in [1.29, 1.82) is 0 Å². The largest absolute Gasteiger partial charge is 0.378 e. The third kappa shape index (κ3) is 4.39. The highest BCUT2D eigenvalue weighted by atomic mass is 16.1. The fraction of sp³-hybridized carbons (Fsp3) is 0.0769. The van der Waals surface area contributed by atoms with Crippen LogP contribution in [0.5, 0.6) is 0 Å². The molecule has 0 atom stereocenters. The Morgan fingerprint density at radius 3 is 2.40 bits per heavy atom. The molecule has 0 bridgehead atoms. The van der Waals surface area contributed by atoms with Crippen LogP contribution < -0.4 is 4.90 Å². The van der Waals surface area contributed by atoms with Crippen molar-refractivity contribution in [2.24, 2.45) is 4.99 Å². The third-order valence-electron chi connectivity index (χ3n) is 4.96. The number of carbonyl (C=O) groups excluding carboxylic acids is 1. The number of para-hydroxylation sites is 1. The Bertz CT molecular complexity index is 1210. The van der Waals surface area contributed by atoms with Gasteiger partial charge in [-0.2, -0.15) is 0 Å². The van der Waals surface area contributed by atoms with E-state index in [1.54, 1.807) is 6.08 Å². The lowest BCUT2D eigenvalue weighted by Gasteiger charge is -2.11. The number of carbonyl (C=O) groups is 1. The van der Waals surface area contributed by atoms with Crippen LogP contribution in [0.4, 0.5) is 11.4 Å². The molecule has 4 nitrogen and oxygen atoms in total. The molecule has 1 N–H and O–H groups in total. The average molecular weight is 393 g/mol. The molecular weight excluding hydrogens is 370 g/mol. The minimum absolute atomic E-state index is 0.0288. The number of nitrogens with zero attached hydrogens (tertiary/aromatic N) is 2. The van der Waals surface area contributed by atoms with Crippen LogP contribution in [-0.2, 0) is 0 Å². The molecule has 30 heavy (non-hydrogen) atoms. The second-order valence-electron chi connectivity index (χ2n) is 7.28. The molecule has 0 aliphatic rings. The zero-order valence-electron chi connectivity index (χ0n) is 17.0. The maximum atomic E-state index is 12.5. The summed E-state index contributed by atoms with van der Waals surface area (Å²) in [5.41, 5.74) is 5.69. The molecule has 1 aromatic heterocycles. The summed E-state index contributed by atoms with van der Waals surface area (Å²) in [5, 5.41) is 1.14. The minimum atomic E-state index is -0.0288. The number of hydrogen-bond acceptors (Lipinski definition) is 3. The number of rotatable bonds is 6. The van der Waals surface area contributed by atoms with E-state index in [0.717, 1.165) is 33.4 Å². The van der Waals surface area contributed by atoms with Crippen molar-refractivity contribution < 1.29 is 4.79 Å². The quantitative estimate of drug-likeness (QED) is 0.253. The number of ketones is 1. The lowest BCUT2D eigenvalue weighted by atomic mass is 10.1. The molecule has 0 amide bonds. The highest BCUT2D eigenvalue weighted by molar-refractivity contribution is 6.07. The first-order valence-electron chi connectivity index (χ1n) is 9.80. The van der Waals surface area contributed by atoms with E-state index in [0.29, 0.717) is 5.56 Å². The van der Waals surface area contributed by atoms with Crippen LogP contribution in [0.1, 0.15) is 21.5 Å². The molecule has 0 aliphatic heterocycles. The summed E-state index contributed by atoms with van der Waals surface area (Å²) in [4.78, 5) is 22.3. The molecule has 148 valence electrons. The molecule has 0 aliphatic carbocycles. The van der Waals surface area contributed by atoms with Crippen molar-refractivity contribution in [3.8, 4) is 0 Å². The first-order chi connectivity index (χ1) is 14.6. The van der Waals surface area contributed by atoms with Crippen molar-refractivity contribution in [3.63, 3.8) is 0 Å². The predicted octanol–water partition coefficient (Wildman–Crippen LogP) is 5.88. The number of aromatic amines is 1. The monoisotopic (exact) mass is 393 g/mol. The van der Waals surface area contributed by atoms with E-state index >= 15 is 0 Å². The zero-order valence-corrected chi connectivity index (χ0v) is 17.0. The third-order valence-corrected chi connectivity index (χ3v) is 4.96. The summed E-state index contributed by atoms with van der Waals surface area (Å²) in [6.07, 6.45) is 7.23. The van der Waals surface area contributed by atoms with Gasteiger partial charge in [-0.05, 0) is 54.1 Å². The van der Waals surface area contributed by atoms with Crippen molar-refractivity contribution in [2.75, 3.05) is 19.0 Å². The van der Waals surface area contributed by atoms with Crippen LogP contribution in [0.2, 0.25) is 0 Å². The van der Waals surface area contributed by atoms with Gasteiger partial charge in [-0.1, -0.05) is 36.4 Å². The van der Waals surface area contributed by atoms with Crippen LogP contribution in [0.3, 0.4) is 0 Å². The summed E-state index contributed by atoms with van der Waals surface area (Å²) in [6.45, 7) is 0. The smallest absolute Gasteiger partial charge is 0.185 e. The molecule has 0 unspecified atom stereocenters. The summed E-state index contributed by atoms with van der Waals surface area (Å²) in [6, 6.07) is 23.5. The van der Waals surface area contributed by atoms with Crippen molar-refractivity contribution in [1.82, 2.24) is 4.98 Å².